The fraction of sp³-hybridized carbons (Fsp3) is 0.462. The maximum absolute atomic E-state index is 13.0. The van der Waals surface area contributed by atoms with Crippen molar-refractivity contribution in [2.45, 2.75) is 26.5 Å². The van der Waals surface area contributed by atoms with Gasteiger partial charge in [0.1, 0.15) is 11.9 Å². The Kier molecular flexibility index (Phi) is 5.61. The first-order chi connectivity index (χ1) is 8.13. The summed E-state index contributed by atoms with van der Waals surface area (Å²) in [4.78, 5) is 0. The van der Waals surface area contributed by atoms with E-state index in [4.69, 9.17) is 10.00 Å². The summed E-state index contributed by atoms with van der Waals surface area (Å²) >= 11 is 0. The number of nitriles is 1. The smallest absolute Gasteiger partial charge is 0.140 e. The predicted molar refractivity (Wildman–Crippen MR) is 63.9 cm³/mol. The van der Waals surface area contributed by atoms with Crippen LogP contribution in [0.15, 0.2) is 18.2 Å². The topological polar surface area (TPSA) is 45.0 Å². The van der Waals surface area contributed by atoms with E-state index in [1.807, 2.05) is 19.9 Å². The third-order valence-electron chi connectivity index (χ3n) is 2.21. The Balaban J connectivity index is 2.35. The van der Waals surface area contributed by atoms with E-state index in [1.54, 1.807) is 12.1 Å². The molecule has 92 valence electrons. The average Bonchev–Trinajstić information content (AvgIpc) is 2.30. The Labute approximate surface area is 101 Å². The van der Waals surface area contributed by atoms with Crippen LogP contribution in [-0.2, 0) is 11.3 Å². The highest BCUT2D eigenvalue weighted by molar-refractivity contribution is 5.34. The van der Waals surface area contributed by atoms with Gasteiger partial charge in [0.2, 0.25) is 0 Å². The van der Waals surface area contributed by atoms with Crippen molar-refractivity contribution < 1.29 is 9.13 Å². The highest BCUT2D eigenvalue weighted by Crippen LogP contribution is 2.09. The highest BCUT2D eigenvalue weighted by Gasteiger charge is 2.02. The highest BCUT2D eigenvalue weighted by atomic mass is 19.1. The SMILES string of the molecule is CC(C)OCCNCc1ccc(F)c(C#N)c1. The monoisotopic (exact) mass is 236 g/mol. The lowest BCUT2D eigenvalue weighted by atomic mass is 10.1. The number of benzene rings is 1. The molecule has 3 nitrogen and oxygen atoms in total. The lowest BCUT2D eigenvalue weighted by Gasteiger charge is -2.08. The molecule has 17 heavy (non-hydrogen) atoms. The number of ether oxygens (including phenoxy) is 1. The van der Waals surface area contributed by atoms with E-state index in [9.17, 15) is 4.39 Å². The summed E-state index contributed by atoms with van der Waals surface area (Å²) in [6, 6.07) is 6.38. The molecule has 0 aliphatic rings. The second kappa shape index (κ2) is 7.00. The summed E-state index contributed by atoms with van der Waals surface area (Å²) in [5, 5.41) is 11.9. The summed E-state index contributed by atoms with van der Waals surface area (Å²) in [6.45, 7) is 5.95. The van der Waals surface area contributed by atoms with Gasteiger partial charge in [-0.2, -0.15) is 5.26 Å². The fourth-order valence-electron chi connectivity index (χ4n) is 1.37. The molecule has 0 aliphatic carbocycles. The summed E-state index contributed by atoms with van der Waals surface area (Å²) in [5.41, 5.74) is 0.982. The molecule has 0 bridgehead atoms. The van der Waals surface area contributed by atoms with Gasteiger partial charge in [-0.05, 0) is 31.5 Å². The normalized spacial score (nSPS) is 10.5. The van der Waals surface area contributed by atoms with Crippen LogP contribution in [0.5, 0.6) is 0 Å². The average molecular weight is 236 g/mol. The van der Waals surface area contributed by atoms with Gasteiger partial charge in [0.25, 0.3) is 0 Å². The molecule has 0 saturated heterocycles. The van der Waals surface area contributed by atoms with E-state index >= 15 is 0 Å². The lowest BCUT2D eigenvalue weighted by Crippen LogP contribution is -2.21. The summed E-state index contributed by atoms with van der Waals surface area (Å²) in [7, 11) is 0. The minimum atomic E-state index is -0.473. The van der Waals surface area contributed by atoms with Crippen LogP contribution in [0, 0.1) is 17.1 Å². The van der Waals surface area contributed by atoms with Crippen LogP contribution in [0.25, 0.3) is 0 Å². The van der Waals surface area contributed by atoms with Crippen LogP contribution < -0.4 is 5.32 Å². The third-order valence-corrected chi connectivity index (χ3v) is 2.21. The second-order valence-electron chi connectivity index (χ2n) is 4.02. The van der Waals surface area contributed by atoms with Crippen LogP contribution in [0.3, 0.4) is 0 Å². The van der Waals surface area contributed by atoms with Gasteiger partial charge >= 0.3 is 0 Å². The zero-order valence-corrected chi connectivity index (χ0v) is 10.2. The van der Waals surface area contributed by atoms with Crippen molar-refractivity contribution in [1.82, 2.24) is 5.32 Å². The third kappa shape index (κ3) is 4.94. The minimum Gasteiger partial charge on any atom is -0.377 e. The second-order valence-corrected chi connectivity index (χ2v) is 4.02. The van der Waals surface area contributed by atoms with Crippen LogP contribution >= 0.6 is 0 Å². The molecule has 1 aromatic carbocycles. The maximum atomic E-state index is 13.0. The molecule has 0 saturated carbocycles. The Morgan fingerprint density at radius 1 is 1.47 bits per heavy atom. The zero-order valence-electron chi connectivity index (χ0n) is 10.2. The number of nitrogens with one attached hydrogen (secondary N) is 1. The summed E-state index contributed by atoms with van der Waals surface area (Å²) < 4.78 is 18.4. The molecule has 0 heterocycles. The Morgan fingerprint density at radius 3 is 2.88 bits per heavy atom. The Morgan fingerprint density at radius 2 is 2.24 bits per heavy atom. The van der Waals surface area contributed by atoms with Crippen molar-refractivity contribution in [3.05, 3.63) is 35.1 Å². The number of rotatable bonds is 6. The molecule has 4 heteroatoms. The first-order valence-electron chi connectivity index (χ1n) is 5.64. The standard InChI is InChI=1S/C13H17FN2O/c1-10(2)17-6-5-16-9-11-3-4-13(14)12(7-11)8-15/h3-4,7,10,16H,5-6,9H2,1-2H3. The largest absolute Gasteiger partial charge is 0.377 e. The van der Waals surface area contributed by atoms with Crippen molar-refractivity contribution >= 4 is 0 Å². The van der Waals surface area contributed by atoms with Crippen LogP contribution in [0.1, 0.15) is 25.0 Å². The lowest BCUT2D eigenvalue weighted by molar-refractivity contribution is 0.0807. The van der Waals surface area contributed by atoms with Gasteiger partial charge in [-0.1, -0.05) is 6.07 Å². The zero-order chi connectivity index (χ0) is 12.7. The molecule has 0 amide bonds. The van der Waals surface area contributed by atoms with Crippen LogP contribution in [-0.4, -0.2) is 19.3 Å². The Hall–Kier alpha value is -1.44. The van der Waals surface area contributed by atoms with Crippen molar-refractivity contribution in [3.63, 3.8) is 0 Å². The van der Waals surface area contributed by atoms with E-state index in [2.05, 4.69) is 5.32 Å². The molecule has 1 rings (SSSR count). The number of nitrogens with zero attached hydrogens (tertiary/aromatic N) is 1. The Bertz CT molecular complexity index is 399. The van der Waals surface area contributed by atoms with Crippen LogP contribution in [0.2, 0.25) is 0 Å². The maximum Gasteiger partial charge on any atom is 0.140 e. The van der Waals surface area contributed by atoms with E-state index in [-0.39, 0.29) is 11.7 Å². The van der Waals surface area contributed by atoms with Gasteiger partial charge in [0.05, 0.1) is 18.3 Å². The molecular formula is C13H17FN2O. The fourth-order valence-corrected chi connectivity index (χ4v) is 1.37. The van der Waals surface area contributed by atoms with Crippen LogP contribution in [0.4, 0.5) is 4.39 Å². The van der Waals surface area contributed by atoms with E-state index in [1.165, 1.54) is 6.07 Å². The predicted octanol–water partition coefficient (Wildman–Crippen LogP) is 2.21. The summed E-state index contributed by atoms with van der Waals surface area (Å²) in [5.74, 6) is -0.473. The van der Waals surface area contributed by atoms with Gasteiger partial charge in [0.15, 0.2) is 0 Å². The first kappa shape index (κ1) is 13.6. The molecule has 0 fully saturated rings. The van der Waals surface area contributed by atoms with Crippen molar-refractivity contribution in [3.8, 4) is 6.07 Å². The summed E-state index contributed by atoms with van der Waals surface area (Å²) in [6.07, 6.45) is 0.229. The number of halogens is 1. The van der Waals surface area contributed by atoms with Gasteiger partial charge in [-0.15, -0.1) is 0 Å². The molecule has 0 unspecified atom stereocenters. The van der Waals surface area contributed by atoms with Crippen molar-refractivity contribution in [1.29, 1.82) is 5.26 Å². The molecule has 0 aliphatic heterocycles. The van der Waals surface area contributed by atoms with Gasteiger partial charge in [-0.25, -0.2) is 4.39 Å². The van der Waals surface area contributed by atoms with Gasteiger partial charge in [-0.3, -0.25) is 0 Å². The number of hydrogen-bond acceptors (Lipinski definition) is 3. The number of hydrogen-bond donors (Lipinski definition) is 1. The molecule has 0 spiro atoms. The van der Waals surface area contributed by atoms with E-state index in [0.29, 0.717) is 13.2 Å². The van der Waals surface area contributed by atoms with Gasteiger partial charge in [0, 0.05) is 13.1 Å². The first-order valence-corrected chi connectivity index (χ1v) is 5.64. The minimum absolute atomic E-state index is 0.0859. The molecule has 0 radical (unpaired) electrons. The van der Waals surface area contributed by atoms with E-state index in [0.717, 1.165) is 12.1 Å². The molecule has 0 aromatic heterocycles. The molecule has 0 atom stereocenters. The van der Waals surface area contributed by atoms with Crippen molar-refractivity contribution in [2.24, 2.45) is 0 Å². The quantitative estimate of drug-likeness (QED) is 0.770. The van der Waals surface area contributed by atoms with E-state index < -0.39 is 5.82 Å². The van der Waals surface area contributed by atoms with Crippen molar-refractivity contribution in [2.75, 3.05) is 13.2 Å². The molecule has 1 aromatic rings. The van der Waals surface area contributed by atoms with Gasteiger partial charge < -0.3 is 10.1 Å². The molecule has 1 N–H and O–H groups in total. The molecular weight excluding hydrogens is 219 g/mol.